The van der Waals surface area contributed by atoms with E-state index in [1.165, 1.54) is 0 Å². The van der Waals surface area contributed by atoms with Crippen molar-refractivity contribution in [2.24, 2.45) is 5.92 Å². The second-order valence-electron chi connectivity index (χ2n) is 8.71. The van der Waals surface area contributed by atoms with Gasteiger partial charge in [0.05, 0.1) is 11.0 Å². The monoisotopic (exact) mass is 432 g/mol. The van der Waals surface area contributed by atoms with Crippen molar-refractivity contribution >= 4 is 22.8 Å². The topological polar surface area (TPSA) is 67.2 Å². The molecule has 0 radical (unpaired) electrons. The maximum atomic E-state index is 13.0. The number of likely N-dealkylation sites (N-methyl/N-ethyl adjacent to an activating group) is 1. The van der Waals surface area contributed by atoms with Crippen molar-refractivity contribution in [3.8, 4) is 0 Å². The molecule has 2 amide bonds. The quantitative estimate of drug-likeness (QED) is 0.467. The van der Waals surface area contributed by atoms with Crippen LogP contribution in [0.25, 0.3) is 11.0 Å². The van der Waals surface area contributed by atoms with E-state index in [0.717, 1.165) is 67.5 Å². The van der Waals surface area contributed by atoms with Gasteiger partial charge in [-0.2, -0.15) is 0 Å². The lowest BCUT2D eigenvalue weighted by molar-refractivity contribution is -0.131. The molecule has 0 unspecified atom stereocenters. The zero-order chi connectivity index (χ0) is 22.3. The molecule has 168 valence electrons. The SMILES string of the molecule is CN(Cc1ccccc1)C(=O)Cn1c(CCCCCNC(=O)C2CC2)nc2ccccc21. The number of nitrogens with one attached hydrogen (secondary N) is 1. The molecule has 0 atom stereocenters. The van der Waals surface area contributed by atoms with E-state index < -0.39 is 0 Å². The van der Waals surface area contributed by atoms with E-state index in [4.69, 9.17) is 4.98 Å². The van der Waals surface area contributed by atoms with Gasteiger partial charge in [0, 0.05) is 32.5 Å². The summed E-state index contributed by atoms with van der Waals surface area (Å²) in [5.41, 5.74) is 3.05. The summed E-state index contributed by atoms with van der Waals surface area (Å²) in [4.78, 5) is 31.3. The van der Waals surface area contributed by atoms with Crippen LogP contribution in [0.2, 0.25) is 0 Å². The van der Waals surface area contributed by atoms with Gasteiger partial charge in [-0.1, -0.05) is 48.9 Å². The molecule has 1 N–H and O–H groups in total. The molecule has 0 saturated heterocycles. The van der Waals surface area contributed by atoms with E-state index in [1.807, 2.05) is 61.6 Å². The molecule has 1 saturated carbocycles. The summed E-state index contributed by atoms with van der Waals surface area (Å²) >= 11 is 0. The Bertz CT molecular complexity index is 1060. The van der Waals surface area contributed by atoms with Gasteiger partial charge in [-0.25, -0.2) is 4.98 Å². The van der Waals surface area contributed by atoms with Gasteiger partial charge in [-0.15, -0.1) is 0 Å². The molecule has 6 nitrogen and oxygen atoms in total. The molecule has 0 aliphatic heterocycles. The molecule has 0 bridgehead atoms. The highest BCUT2D eigenvalue weighted by atomic mass is 16.2. The summed E-state index contributed by atoms with van der Waals surface area (Å²) < 4.78 is 2.06. The summed E-state index contributed by atoms with van der Waals surface area (Å²) in [6.45, 7) is 1.62. The zero-order valence-corrected chi connectivity index (χ0v) is 18.8. The number of nitrogens with zero attached hydrogens (tertiary/aromatic N) is 3. The molecule has 1 heterocycles. The molecule has 0 spiro atoms. The van der Waals surface area contributed by atoms with Crippen LogP contribution < -0.4 is 5.32 Å². The average molecular weight is 433 g/mol. The largest absolute Gasteiger partial charge is 0.356 e. The number of para-hydroxylation sites is 2. The van der Waals surface area contributed by atoms with Crippen molar-refractivity contribution in [2.45, 2.75) is 51.6 Å². The number of amides is 2. The molecule has 1 aliphatic rings. The third-order valence-corrected chi connectivity index (χ3v) is 6.04. The second-order valence-corrected chi connectivity index (χ2v) is 8.71. The Hall–Kier alpha value is -3.15. The maximum absolute atomic E-state index is 13.0. The van der Waals surface area contributed by atoms with Crippen LogP contribution in [0, 0.1) is 5.92 Å². The van der Waals surface area contributed by atoms with Crippen LogP contribution >= 0.6 is 0 Å². The third kappa shape index (κ3) is 5.75. The molecule has 1 aromatic heterocycles. The highest BCUT2D eigenvalue weighted by Gasteiger charge is 2.28. The first kappa shape index (κ1) is 22.1. The number of aromatic nitrogens is 2. The van der Waals surface area contributed by atoms with Gasteiger partial charge in [0.2, 0.25) is 11.8 Å². The van der Waals surface area contributed by atoms with Crippen molar-refractivity contribution in [3.63, 3.8) is 0 Å². The average Bonchev–Trinajstić information content (AvgIpc) is 3.60. The number of hydrogen-bond acceptors (Lipinski definition) is 3. The molecule has 2 aromatic carbocycles. The lowest BCUT2D eigenvalue weighted by Gasteiger charge is -2.19. The number of benzene rings is 2. The highest BCUT2D eigenvalue weighted by molar-refractivity contribution is 5.81. The number of carbonyl (C=O) groups excluding carboxylic acids is 2. The molecule has 6 heteroatoms. The molecular weight excluding hydrogens is 400 g/mol. The van der Waals surface area contributed by atoms with Gasteiger partial charge in [-0.3, -0.25) is 9.59 Å². The van der Waals surface area contributed by atoms with Gasteiger partial charge < -0.3 is 14.8 Å². The van der Waals surface area contributed by atoms with E-state index in [1.54, 1.807) is 4.90 Å². The lowest BCUT2D eigenvalue weighted by atomic mass is 10.2. The second kappa shape index (κ2) is 10.4. The van der Waals surface area contributed by atoms with Crippen molar-refractivity contribution in [1.82, 2.24) is 19.8 Å². The Labute approximate surface area is 189 Å². The van der Waals surface area contributed by atoms with Crippen LogP contribution in [0.5, 0.6) is 0 Å². The first-order valence-electron chi connectivity index (χ1n) is 11.6. The van der Waals surface area contributed by atoms with Gasteiger partial charge in [0.15, 0.2) is 0 Å². The minimum Gasteiger partial charge on any atom is -0.356 e. The Kier molecular flexibility index (Phi) is 7.20. The number of fused-ring (bicyclic) bond motifs is 1. The minimum atomic E-state index is 0.0704. The number of carbonyl (C=O) groups is 2. The van der Waals surface area contributed by atoms with Gasteiger partial charge in [0.1, 0.15) is 12.4 Å². The summed E-state index contributed by atoms with van der Waals surface area (Å²) in [6, 6.07) is 18.0. The van der Waals surface area contributed by atoms with E-state index in [2.05, 4.69) is 9.88 Å². The van der Waals surface area contributed by atoms with Gasteiger partial charge in [0.25, 0.3) is 0 Å². The first-order chi connectivity index (χ1) is 15.6. The number of unbranched alkanes of at least 4 members (excludes halogenated alkanes) is 2. The van der Waals surface area contributed by atoms with Crippen molar-refractivity contribution in [3.05, 3.63) is 66.0 Å². The highest BCUT2D eigenvalue weighted by Crippen LogP contribution is 2.28. The van der Waals surface area contributed by atoms with E-state index in [0.29, 0.717) is 6.54 Å². The van der Waals surface area contributed by atoms with E-state index in [9.17, 15) is 9.59 Å². The predicted octanol–water partition coefficient (Wildman–Crippen LogP) is 3.93. The standard InChI is InChI=1S/C26H32N4O2/c1-29(18-20-10-4-2-5-11-20)25(31)19-30-23-13-8-7-12-22(23)28-24(30)14-6-3-9-17-27-26(32)21-15-16-21/h2,4-5,7-8,10-13,21H,3,6,9,14-19H2,1H3,(H,27,32). The van der Waals surface area contributed by atoms with Crippen LogP contribution in [0.1, 0.15) is 43.5 Å². The number of hydrogen-bond donors (Lipinski definition) is 1. The van der Waals surface area contributed by atoms with Crippen LogP contribution in [0.3, 0.4) is 0 Å². The number of imidazole rings is 1. The Morgan fingerprint density at radius 3 is 2.56 bits per heavy atom. The lowest BCUT2D eigenvalue weighted by Crippen LogP contribution is -2.30. The minimum absolute atomic E-state index is 0.0704. The summed E-state index contributed by atoms with van der Waals surface area (Å²) in [6.07, 6.45) is 5.88. The van der Waals surface area contributed by atoms with E-state index in [-0.39, 0.29) is 24.3 Å². The van der Waals surface area contributed by atoms with Crippen molar-refractivity contribution in [2.75, 3.05) is 13.6 Å². The fraction of sp³-hybridized carbons (Fsp3) is 0.423. The van der Waals surface area contributed by atoms with Crippen LogP contribution in [0.4, 0.5) is 0 Å². The summed E-state index contributed by atoms with van der Waals surface area (Å²) in [5.74, 6) is 1.51. The van der Waals surface area contributed by atoms with Crippen molar-refractivity contribution < 1.29 is 9.59 Å². The maximum Gasteiger partial charge on any atom is 0.242 e. The Morgan fingerprint density at radius 1 is 1.03 bits per heavy atom. The fourth-order valence-electron chi connectivity index (χ4n) is 3.98. The predicted molar refractivity (Wildman–Crippen MR) is 126 cm³/mol. The van der Waals surface area contributed by atoms with Crippen LogP contribution in [-0.4, -0.2) is 39.9 Å². The van der Waals surface area contributed by atoms with Crippen LogP contribution in [-0.2, 0) is 29.1 Å². The van der Waals surface area contributed by atoms with Crippen LogP contribution in [0.15, 0.2) is 54.6 Å². The molecule has 1 fully saturated rings. The van der Waals surface area contributed by atoms with Crippen molar-refractivity contribution in [1.29, 1.82) is 0 Å². The van der Waals surface area contributed by atoms with Gasteiger partial charge in [-0.05, 0) is 43.4 Å². The summed E-state index contributed by atoms with van der Waals surface area (Å²) in [5, 5.41) is 3.02. The Morgan fingerprint density at radius 2 is 1.78 bits per heavy atom. The molecule has 1 aliphatic carbocycles. The number of rotatable bonds is 11. The molecule has 32 heavy (non-hydrogen) atoms. The first-order valence-corrected chi connectivity index (χ1v) is 11.6. The zero-order valence-electron chi connectivity index (χ0n) is 18.8. The third-order valence-electron chi connectivity index (χ3n) is 6.04. The molecule has 3 aromatic rings. The summed E-state index contributed by atoms with van der Waals surface area (Å²) in [7, 11) is 1.85. The smallest absolute Gasteiger partial charge is 0.242 e. The molecule has 4 rings (SSSR count). The van der Waals surface area contributed by atoms with Gasteiger partial charge >= 0.3 is 0 Å². The number of aryl methyl sites for hydroxylation is 1. The molecular formula is C26H32N4O2. The Balaban J connectivity index is 1.34. The van der Waals surface area contributed by atoms with E-state index >= 15 is 0 Å². The normalized spacial score (nSPS) is 13.3. The fourth-order valence-corrected chi connectivity index (χ4v) is 3.98.